The van der Waals surface area contributed by atoms with Crippen LogP contribution < -0.4 is 0 Å². The highest BCUT2D eigenvalue weighted by Gasteiger charge is 2.12. The minimum atomic E-state index is -1.23. The summed E-state index contributed by atoms with van der Waals surface area (Å²) in [6.45, 7) is 1.46. The third-order valence-corrected chi connectivity index (χ3v) is 3.07. The molecule has 1 aromatic carbocycles. The van der Waals surface area contributed by atoms with Gasteiger partial charge in [-0.3, -0.25) is 4.79 Å². The van der Waals surface area contributed by atoms with Crippen LogP contribution in [0.5, 0.6) is 0 Å². The fraction of sp³-hybridized carbons (Fsp3) is 0.214. The molecule has 0 amide bonds. The summed E-state index contributed by atoms with van der Waals surface area (Å²) >= 11 is 1.15. The minimum Gasteiger partial charge on any atom is -0.478 e. The molecule has 1 rings (SSSR count). The maximum absolute atomic E-state index is 11.1. The molecule has 0 spiro atoms. The lowest BCUT2D eigenvalue weighted by Gasteiger charge is -2.01. The maximum atomic E-state index is 11.1. The molecule has 0 aliphatic rings. The molecule has 1 aromatic rings. The quantitative estimate of drug-likeness (QED) is 0.652. The van der Waals surface area contributed by atoms with Crippen molar-refractivity contribution < 1.29 is 24.6 Å². The molecule has 0 aliphatic heterocycles. The summed E-state index contributed by atoms with van der Waals surface area (Å²) in [5.74, 6) is 3.58. The molecule has 0 unspecified atom stereocenters. The van der Waals surface area contributed by atoms with E-state index in [9.17, 15) is 14.4 Å². The van der Waals surface area contributed by atoms with Gasteiger partial charge in [-0.25, -0.2) is 9.59 Å². The summed E-state index contributed by atoms with van der Waals surface area (Å²) in [6, 6.07) is 3.76. The molecule has 0 saturated heterocycles. The molecule has 2 N–H and O–H groups in total. The largest absolute Gasteiger partial charge is 0.478 e. The van der Waals surface area contributed by atoms with Gasteiger partial charge in [-0.2, -0.15) is 0 Å². The van der Waals surface area contributed by atoms with Crippen LogP contribution in [0.4, 0.5) is 0 Å². The number of aromatic carboxylic acids is 2. The van der Waals surface area contributed by atoms with Gasteiger partial charge in [-0.05, 0) is 18.2 Å². The number of thioether (sulfide) groups is 1. The summed E-state index contributed by atoms with van der Waals surface area (Å²) < 4.78 is 0. The van der Waals surface area contributed by atoms with Crippen molar-refractivity contribution in [3.05, 3.63) is 34.9 Å². The Kier molecular flexibility index (Phi) is 5.81. The number of carbonyl (C=O) groups is 3. The molecule has 20 heavy (non-hydrogen) atoms. The maximum Gasteiger partial charge on any atom is 0.336 e. The highest BCUT2D eigenvalue weighted by atomic mass is 32.2. The van der Waals surface area contributed by atoms with Crippen LogP contribution in [0.2, 0.25) is 0 Å². The lowest BCUT2D eigenvalue weighted by Crippen LogP contribution is -2.04. The van der Waals surface area contributed by atoms with Crippen molar-refractivity contribution in [2.45, 2.75) is 13.3 Å². The molecule has 0 bridgehead atoms. The zero-order chi connectivity index (χ0) is 15.1. The van der Waals surface area contributed by atoms with Gasteiger partial charge in [0.25, 0.3) is 0 Å². The van der Waals surface area contributed by atoms with Crippen molar-refractivity contribution in [2.75, 3.05) is 5.75 Å². The average Bonchev–Trinajstić information content (AvgIpc) is 2.37. The summed E-state index contributed by atoms with van der Waals surface area (Å²) in [5.41, 5.74) is 0.0204. The molecule has 0 radical (unpaired) electrons. The van der Waals surface area contributed by atoms with E-state index >= 15 is 0 Å². The lowest BCUT2D eigenvalue weighted by molar-refractivity contribution is -0.109. The van der Waals surface area contributed by atoms with Crippen LogP contribution in [-0.2, 0) is 4.79 Å². The van der Waals surface area contributed by atoms with Gasteiger partial charge in [0.1, 0.15) is 0 Å². The lowest BCUT2D eigenvalue weighted by atomic mass is 10.0. The molecule has 5 nitrogen and oxygen atoms in total. The Morgan fingerprint density at radius 1 is 1.20 bits per heavy atom. The molecule has 0 atom stereocenters. The molecule has 0 heterocycles. The minimum absolute atomic E-state index is 0.00355. The molecule has 0 saturated carbocycles. The van der Waals surface area contributed by atoms with E-state index in [1.807, 2.05) is 0 Å². The number of rotatable bonds is 4. The third kappa shape index (κ3) is 4.78. The van der Waals surface area contributed by atoms with Gasteiger partial charge >= 0.3 is 11.9 Å². The second-order valence-corrected chi connectivity index (χ2v) is 5.03. The first-order chi connectivity index (χ1) is 9.41. The zero-order valence-corrected chi connectivity index (χ0v) is 11.5. The summed E-state index contributed by atoms with van der Waals surface area (Å²) in [6.07, 6.45) is 0.448. The van der Waals surface area contributed by atoms with Crippen molar-refractivity contribution >= 4 is 28.8 Å². The molecule has 6 heteroatoms. The van der Waals surface area contributed by atoms with E-state index in [0.29, 0.717) is 12.2 Å². The van der Waals surface area contributed by atoms with Crippen molar-refractivity contribution in [3.8, 4) is 11.8 Å². The van der Waals surface area contributed by atoms with Crippen LogP contribution in [0.25, 0.3) is 0 Å². The Balaban J connectivity index is 2.90. The molecular formula is C14H12O5S. The number of carbonyl (C=O) groups excluding carboxylic acids is 1. The Morgan fingerprint density at radius 2 is 1.90 bits per heavy atom. The third-order valence-electron chi connectivity index (χ3n) is 2.25. The number of carboxylic acid groups (broad SMARTS) is 2. The highest BCUT2D eigenvalue weighted by Crippen LogP contribution is 2.12. The van der Waals surface area contributed by atoms with Gasteiger partial charge in [-0.15, -0.1) is 0 Å². The average molecular weight is 292 g/mol. The first-order valence-electron chi connectivity index (χ1n) is 5.64. The van der Waals surface area contributed by atoms with E-state index in [-0.39, 0.29) is 21.8 Å². The monoisotopic (exact) mass is 292 g/mol. The van der Waals surface area contributed by atoms with Crippen LogP contribution in [0.15, 0.2) is 18.2 Å². The van der Waals surface area contributed by atoms with Gasteiger partial charge in [0, 0.05) is 24.7 Å². The summed E-state index contributed by atoms with van der Waals surface area (Å²) in [5, 5.41) is 17.9. The summed E-state index contributed by atoms with van der Waals surface area (Å²) in [4.78, 5) is 32.6. The van der Waals surface area contributed by atoms with Gasteiger partial charge in [0.15, 0.2) is 5.12 Å². The molecule has 0 aromatic heterocycles. The Labute approximate surface area is 120 Å². The van der Waals surface area contributed by atoms with Gasteiger partial charge < -0.3 is 10.2 Å². The van der Waals surface area contributed by atoms with E-state index in [0.717, 1.165) is 17.8 Å². The van der Waals surface area contributed by atoms with Crippen molar-refractivity contribution in [3.63, 3.8) is 0 Å². The second-order valence-electron chi connectivity index (χ2n) is 3.76. The van der Waals surface area contributed by atoms with Crippen LogP contribution in [0.1, 0.15) is 39.6 Å². The van der Waals surface area contributed by atoms with E-state index in [1.54, 1.807) is 0 Å². The predicted molar refractivity (Wildman–Crippen MR) is 75.0 cm³/mol. The van der Waals surface area contributed by atoms with E-state index in [4.69, 9.17) is 10.2 Å². The number of carboxylic acids is 2. The van der Waals surface area contributed by atoms with E-state index < -0.39 is 11.9 Å². The van der Waals surface area contributed by atoms with E-state index in [1.165, 1.54) is 19.1 Å². The second kappa shape index (κ2) is 7.36. The Morgan fingerprint density at radius 3 is 2.45 bits per heavy atom. The van der Waals surface area contributed by atoms with Crippen LogP contribution in [0.3, 0.4) is 0 Å². The van der Waals surface area contributed by atoms with Crippen LogP contribution >= 0.6 is 11.8 Å². The fourth-order valence-electron chi connectivity index (χ4n) is 1.37. The van der Waals surface area contributed by atoms with Gasteiger partial charge in [0.05, 0.1) is 11.1 Å². The fourth-order valence-corrected chi connectivity index (χ4v) is 1.86. The number of hydrogen-bond donors (Lipinski definition) is 2. The van der Waals surface area contributed by atoms with Gasteiger partial charge in [0.2, 0.25) is 0 Å². The van der Waals surface area contributed by atoms with Gasteiger partial charge in [-0.1, -0.05) is 23.6 Å². The highest BCUT2D eigenvalue weighted by molar-refractivity contribution is 8.13. The molecule has 104 valence electrons. The normalized spacial score (nSPS) is 9.45. The first kappa shape index (κ1) is 15.8. The zero-order valence-electron chi connectivity index (χ0n) is 10.7. The topological polar surface area (TPSA) is 91.7 Å². The summed E-state index contributed by atoms with van der Waals surface area (Å²) in [7, 11) is 0. The first-order valence-corrected chi connectivity index (χ1v) is 6.63. The Bertz CT molecular complexity index is 610. The van der Waals surface area contributed by atoms with Crippen LogP contribution in [0, 0.1) is 11.8 Å². The van der Waals surface area contributed by atoms with Crippen molar-refractivity contribution in [1.82, 2.24) is 0 Å². The smallest absolute Gasteiger partial charge is 0.336 e. The molecular weight excluding hydrogens is 280 g/mol. The SMILES string of the molecule is CC(=O)SCCC#Cc1ccc(C(=O)O)cc1C(=O)O. The standard InChI is InChI=1S/C14H12O5S/c1-9(15)20-7-3-2-4-10-5-6-11(13(16)17)8-12(10)14(18)19/h5-6,8H,3,7H2,1H3,(H,16,17)(H,18,19). The molecule has 0 fully saturated rings. The predicted octanol–water partition coefficient (Wildman–Crippen LogP) is 2.10. The number of benzene rings is 1. The van der Waals surface area contributed by atoms with Crippen molar-refractivity contribution in [1.29, 1.82) is 0 Å². The Hall–Kier alpha value is -2.26. The number of hydrogen-bond acceptors (Lipinski definition) is 4. The van der Waals surface area contributed by atoms with E-state index in [2.05, 4.69) is 11.8 Å². The molecule has 0 aliphatic carbocycles. The van der Waals surface area contributed by atoms with Crippen LogP contribution in [-0.4, -0.2) is 33.0 Å². The van der Waals surface area contributed by atoms with Crippen molar-refractivity contribution in [2.24, 2.45) is 0 Å².